The van der Waals surface area contributed by atoms with Gasteiger partial charge in [0.1, 0.15) is 0 Å². The average molecular weight is 218 g/mol. The van der Waals surface area contributed by atoms with Gasteiger partial charge in [0.25, 0.3) is 0 Å². The summed E-state index contributed by atoms with van der Waals surface area (Å²) >= 11 is 1.84. The molecule has 0 heterocycles. The van der Waals surface area contributed by atoms with Crippen molar-refractivity contribution in [2.45, 2.75) is 26.2 Å². The van der Waals surface area contributed by atoms with Gasteiger partial charge in [-0.1, -0.05) is 6.92 Å². The van der Waals surface area contributed by atoms with Crippen LogP contribution in [0.1, 0.15) is 26.2 Å². The van der Waals surface area contributed by atoms with E-state index in [0.717, 1.165) is 19.4 Å². The van der Waals surface area contributed by atoms with Crippen molar-refractivity contribution >= 4 is 17.7 Å². The van der Waals surface area contributed by atoms with Crippen LogP contribution in [0.4, 0.5) is 0 Å². The van der Waals surface area contributed by atoms with Crippen LogP contribution in [0.15, 0.2) is 0 Å². The van der Waals surface area contributed by atoms with Gasteiger partial charge in [0.2, 0.25) is 5.91 Å². The van der Waals surface area contributed by atoms with Gasteiger partial charge in [-0.25, -0.2) is 0 Å². The van der Waals surface area contributed by atoms with Gasteiger partial charge in [0, 0.05) is 19.0 Å². The van der Waals surface area contributed by atoms with Gasteiger partial charge in [0.05, 0.1) is 0 Å². The van der Waals surface area contributed by atoms with Crippen LogP contribution in [-0.2, 0) is 4.79 Å². The van der Waals surface area contributed by atoms with Crippen molar-refractivity contribution in [3.8, 4) is 0 Å². The number of unbranched alkanes of at least 4 members (excludes halogenated alkanes) is 1. The standard InChI is InChI=1S/C10H22N2OS/c1-3-9(8-11)10(13)12-6-4-5-7-14-2/h9H,3-8,11H2,1-2H3,(H,12,13). The molecule has 0 aromatic rings. The van der Waals surface area contributed by atoms with E-state index in [1.807, 2.05) is 18.7 Å². The Morgan fingerprint density at radius 1 is 1.50 bits per heavy atom. The molecule has 0 spiro atoms. The van der Waals surface area contributed by atoms with Crippen LogP contribution in [0.2, 0.25) is 0 Å². The van der Waals surface area contributed by atoms with E-state index >= 15 is 0 Å². The molecule has 3 nitrogen and oxygen atoms in total. The molecular formula is C10H22N2OS. The van der Waals surface area contributed by atoms with Gasteiger partial charge >= 0.3 is 0 Å². The molecule has 0 radical (unpaired) electrons. The molecule has 1 atom stereocenters. The molecule has 0 bridgehead atoms. The Bertz CT molecular complexity index is 149. The lowest BCUT2D eigenvalue weighted by Crippen LogP contribution is -2.35. The van der Waals surface area contributed by atoms with Crippen molar-refractivity contribution in [1.82, 2.24) is 5.32 Å². The molecule has 1 unspecified atom stereocenters. The fourth-order valence-electron chi connectivity index (χ4n) is 1.19. The number of carbonyl (C=O) groups excluding carboxylic acids is 1. The molecule has 1 amide bonds. The number of hydrogen-bond donors (Lipinski definition) is 2. The SMILES string of the molecule is CCC(CN)C(=O)NCCCCSC. The van der Waals surface area contributed by atoms with Gasteiger partial charge in [-0.05, 0) is 31.3 Å². The second-order valence-electron chi connectivity index (χ2n) is 3.33. The number of nitrogens with two attached hydrogens (primary N) is 1. The maximum absolute atomic E-state index is 11.4. The topological polar surface area (TPSA) is 55.1 Å². The number of nitrogens with one attached hydrogen (secondary N) is 1. The highest BCUT2D eigenvalue weighted by Gasteiger charge is 2.12. The molecule has 0 aliphatic heterocycles. The molecule has 0 aromatic heterocycles. The molecule has 84 valence electrons. The molecule has 0 fully saturated rings. The van der Waals surface area contributed by atoms with Gasteiger partial charge in [-0.15, -0.1) is 0 Å². The Morgan fingerprint density at radius 2 is 2.21 bits per heavy atom. The third-order valence-corrected chi connectivity index (χ3v) is 2.92. The summed E-state index contributed by atoms with van der Waals surface area (Å²) in [5.74, 6) is 1.28. The first-order chi connectivity index (χ1) is 6.76. The number of thioether (sulfide) groups is 1. The Labute approximate surface area is 91.2 Å². The van der Waals surface area contributed by atoms with Gasteiger partial charge in [-0.3, -0.25) is 4.79 Å². The first-order valence-corrected chi connectivity index (χ1v) is 6.62. The van der Waals surface area contributed by atoms with E-state index in [4.69, 9.17) is 5.73 Å². The molecule has 0 aliphatic carbocycles. The molecule has 14 heavy (non-hydrogen) atoms. The predicted octanol–water partition coefficient (Wildman–Crippen LogP) is 1.23. The molecule has 0 saturated heterocycles. The van der Waals surface area contributed by atoms with Crippen LogP contribution in [0.5, 0.6) is 0 Å². The lowest BCUT2D eigenvalue weighted by molar-refractivity contribution is -0.124. The van der Waals surface area contributed by atoms with Crippen LogP contribution in [0.3, 0.4) is 0 Å². The van der Waals surface area contributed by atoms with Crippen LogP contribution in [0.25, 0.3) is 0 Å². The number of carbonyl (C=O) groups is 1. The lowest BCUT2D eigenvalue weighted by atomic mass is 10.1. The zero-order valence-corrected chi connectivity index (χ0v) is 10.0. The summed E-state index contributed by atoms with van der Waals surface area (Å²) in [7, 11) is 0. The zero-order chi connectivity index (χ0) is 10.8. The van der Waals surface area contributed by atoms with Gasteiger partial charge in [-0.2, -0.15) is 11.8 Å². The Morgan fingerprint density at radius 3 is 2.71 bits per heavy atom. The van der Waals surface area contributed by atoms with E-state index < -0.39 is 0 Å². The molecule has 0 saturated carbocycles. The maximum atomic E-state index is 11.4. The normalized spacial score (nSPS) is 12.5. The summed E-state index contributed by atoms with van der Waals surface area (Å²) in [6, 6.07) is 0. The minimum atomic E-state index is -0.00412. The summed E-state index contributed by atoms with van der Waals surface area (Å²) in [5, 5.41) is 2.92. The fourth-order valence-corrected chi connectivity index (χ4v) is 1.68. The molecule has 0 aliphatic rings. The Hall–Kier alpha value is -0.220. The Balaban J connectivity index is 3.43. The van der Waals surface area contributed by atoms with E-state index in [1.165, 1.54) is 12.2 Å². The van der Waals surface area contributed by atoms with Gasteiger partial charge < -0.3 is 11.1 Å². The summed E-state index contributed by atoms with van der Waals surface area (Å²) in [5.41, 5.74) is 5.47. The van der Waals surface area contributed by atoms with Crippen molar-refractivity contribution < 1.29 is 4.79 Å². The van der Waals surface area contributed by atoms with Crippen molar-refractivity contribution in [1.29, 1.82) is 0 Å². The fraction of sp³-hybridized carbons (Fsp3) is 0.900. The highest BCUT2D eigenvalue weighted by molar-refractivity contribution is 7.98. The van der Waals surface area contributed by atoms with Crippen molar-refractivity contribution in [2.24, 2.45) is 11.7 Å². The minimum absolute atomic E-state index is 0.00412. The summed E-state index contributed by atoms with van der Waals surface area (Å²) < 4.78 is 0. The number of hydrogen-bond acceptors (Lipinski definition) is 3. The average Bonchev–Trinajstić information content (AvgIpc) is 2.19. The zero-order valence-electron chi connectivity index (χ0n) is 9.21. The number of amides is 1. The quantitative estimate of drug-likeness (QED) is 0.603. The smallest absolute Gasteiger partial charge is 0.224 e. The lowest BCUT2D eigenvalue weighted by Gasteiger charge is -2.12. The predicted molar refractivity (Wildman–Crippen MR) is 63.5 cm³/mol. The second kappa shape index (κ2) is 9.34. The second-order valence-corrected chi connectivity index (χ2v) is 4.32. The van der Waals surface area contributed by atoms with E-state index in [1.54, 1.807) is 0 Å². The van der Waals surface area contributed by atoms with Crippen molar-refractivity contribution in [3.63, 3.8) is 0 Å². The van der Waals surface area contributed by atoms with Crippen LogP contribution >= 0.6 is 11.8 Å². The number of rotatable bonds is 8. The van der Waals surface area contributed by atoms with Crippen LogP contribution in [-0.4, -0.2) is 31.0 Å². The third kappa shape index (κ3) is 6.27. The molecule has 4 heteroatoms. The largest absolute Gasteiger partial charge is 0.356 e. The molecule has 3 N–H and O–H groups in total. The minimum Gasteiger partial charge on any atom is -0.356 e. The highest BCUT2D eigenvalue weighted by Crippen LogP contribution is 2.01. The van der Waals surface area contributed by atoms with Crippen LogP contribution in [0, 0.1) is 5.92 Å². The summed E-state index contributed by atoms with van der Waals surface area (Å²) in [4.78, 5) is 11.4. The molecular weight excluding hydrogens is 196 g/mol. The first-order valence-electron chi connectivity index (χ1n) is 5.23. The van der Waals surface area contributed by atoms with Crippen molar-refractivity contribution in [2.75, 3.05) is 25.1 Å². The first kappa shape index (κ1) is 13.8. The Kier molecular flexibility index (Phi) is 9.19. The van der Waals surface area contributed by atoms with E-state index in [2.05, 4.69) is 11.6 Å². The van der Waals surface area contributed by atoms with E-state index in [9.17, 15) is 4.79 Å². The summed E-state index contributed by atoms with van der Waals surface area (Å²) in [6.45, 7) is 3.23. The maximum Gasteiger partial charge on any atom is 0.224 e. The van der Waals surface area contributed by atoms with Gasteiger partial charge in [0.15, 0.2) is 0 Å². The van der Waals surface area contributed by atoms with E-state index in [-0.39, 0.29) is 11.8 Å². The third-order valence-electron chi connectivity index (χ3n) is 2.22. The molecule has 0 aromatic carbocycles. The summed E-state index contributed by atoms with van der Waals surface area (Å²) in [6.07, 6.45) is 5.15. The van der Waals surface area contributed by atoms with E-state index in [0.29, 0.717) is 6.54 Å². The monoisotopic (exact) mass is 218 g/mol. The van der Waals surface area contributed by atoms with Crippen LogP contribution < -0.4 is 11.1 Å². The highest BCUT2D eigenvalue weighted by atomic mass is 32.2. The van der Waals surface area contributed by atoms with Crippen molar-refractivity contribution in [3.05, 3.63) is 0 Å². The molecule has 0 rings (SSSR count).